The van der Waals surface area contributed by atoms with E-state index >= 15 is 0 Å². The minimum absolute atomic E-state index is 0.175. The molecular formula is C13H17ClO. The van der Waals surface area contributed by atoms with Crippen molar-refractivity contribution in [1.82, 2.24) is 0 Å². The second-order valence-electron chi connectivity index (χ2n) is 4.07. The summed E-state index contributed by atoms with van der Waals surface area (Å²) in [7, 11) is 0. The van der Waals surface area contributed by atoms with Crippen LogP contribution in [0.4, 0.5) is 0 Å². The van der Waals surface area contributed by atoms with Crippen molar-refractivity contribution >= 4 is 11.6 Å². The molecule has 0 N–H and O–H groups in total. The lowest BCUT2D eigenvalue weighted by Gasteiger charge is -2.25. The molecule has 15 heavy (non-hydrogen) atoms. The first kappa shape index (κ1) is 10.8. The largest absolute Gasteiger partial charge is 0.494 e. The molecule has 0 saturated carbocycles. The molecule has 0 saturated heterocycles. The molecule has 0 aliphatic heterocycles. The van der Waals surface area contributed by atoms with Gasteiger partial charge in [-0.15, -0.1) is 11.6 Å². The zero-order valence-electron chi connectivity index (χ0n) is 9.35. The zero-order valence-corrected chi connectivity index (χ0v) is 10.1. The van der Waals surface area contributed by atoms with E-state index in [0.717, 1.165) is 25.2 Å². The molecule has 0 radical (unpaired) electrons. The Morgan fingerprint density at radius 2 is 2.27 bits per heavy atom. The monoisotopic (exact) mass is 224 g/mol. The number of fused-ring (bicyclic) bond motifs is 1. The number of ether oxygens (including phenoxy) is 1. The second-order valence-corrected chi connectivity index (χ2v) is 4.59. The van der Waals surface area contributed by atoms with Gasteiger partial charge in [0.15, 0.2) is 0 Å². The second kappa shape index (κ2) is 4.44. The van der Waals surface area contributed by atoms with Crippen molar-refractivity contribution in [2.75, 3.05) is 6.61 Å². The Bertz CT molecular complexity index is 360. The standard InChI is InChI=1S/C13H17ClO/c1-3-15-12-8-7-9(2)13-10(12)5-4-6-11(13)14/h7-8,11H,3-6H2,1-2H3. The summed E-state index contributed by atoms with van der Waals surface area (Å²) in [6, 6.07) is 4.19. The van der Waals surface area contributed by atoms with E-state index in [1.165, 1.54) is 23.1 Å². The Morgan fingerprint density at radius 3 is 3.00 bits per heavy atom. The number of hydrogen-bond acceptors (Lipinski definition) is 1. The molecule has 0 spiro atoms. The molecule has 0 fully saturated rings. The molecule has 2 heteroatoms. The average molecular weight is 225 g/mol. The minimum atomic E-state index is 0.175. The van der Waals surface area contributed by atoms with Crippen molar-refractivity contribution in [1.29, 1.82) is 0 Å². The van der Waals surface area contributed by atoms with Crippen LogP contribution in [0.2, 0.25) is 0 Å². The molecule has 2 rings (SSSR count). The number of alkyl halides is 1. The van der Waals surface area contributed by atoms with E-state index < -0.39 is 0 Å². The highest BCUT2D eigenvalue weighted by molar-refractivity contribution is 6.21. The van der Waals surface area contributed by atoms with Crippen molar-refractivity contribution in [3.63, 3.8) is 0 Å². The van der Waals surface area contributed by atoms with Crippen LogP contribution in [-0.2, 0) is 6.42 Å². The molecule has 1 aromatic rings. The maximum atomic E-state index is 6.37. The van der Waals surface area contributed by atoms with E-state index in [4.69, 9.17) is 16.3 Å². The number of halogens is 1. The highest BCUT2D eigenvalue weighted by Gasteiger charge is 2.22. The van der Waals surface area contributed by atoms with Gasteiger partial charge < -0.3 is 4.74 Å². The molecule has 1 nitrogen and oxygen atoms in total. The fourth-order valence-electron chi connectivity index (χ4n) is 2.35. The van der Waals surface area contributed by atoms with Crippen LogP contribution in [0.5, 0.6) is 5.75 Å². The summed E-state index contributed by atoms with van der Waals surface area (Å²) in [6.45, 7) is 4.88. The van der Waals surface area contributed by atoms with E-state index in [1.807, 2.05) is 6.92 Å². The van der Waals surface area contributed by atoms with Crippen LogP contribution < -0.4 is 4.74 Å². The van der Waals surface area contributed by atoms with Crippen LogP contribution in [0.15, 0.2) is 12.1 Å². The van der Waals surface area contributed by atoms with E-state index in [2.05, 4.69) is 19.1 Å². The molecule has 1 aliphatic carbocycles. The first-order valence-electron chi connectivity index (χ1n) is 5.63. The number of hydrogen-bond donors (Lipinski definition) is 0. The molecule has 1 aliphatic rings. The molecule has 0 heterocycles. The Labute approximate surface area is 96.4 Å². The first-order chi connectivity index (χ1) is 7.24. The fourth-order valence-corrected chi connectivity index (χ4v) is 2.81. The molecule has 0 bridgehead atoms. The van der Waals surface area contributed by atoms with E-state index in [-0.39, 0.29) is 5.38 Å². The molecule has 0 aromatic heterocycles. The van der Waals surface area contributed by atoms with E-state index in [9.17, 15) is 0 Å². The fraction of sp³-hybridized carbons (Fsp3) is 0.538. The molecule has 82 valence electrons. The maximum absolute atomic E-state index is 6.37. The molecule has 1 unspecified atom stereocenters. The lowest BCUT2D eigenvalue weighted by molar-refractivity contribution is 0.334. The van der Waals surface area contributed by atoms with Crippen LogP contribution >= 0.6 is 11.6 Å². The molecular weight excluding hydrogens is 208 g/mol. The van der Waals surface area contributed by atoms with Crippen LogP contribution in [0.1, 0.15) is 41.8 Å². The summed E-state index contributed by atoms with van der Waals surface area (Å²) in [5.74, 6) is 1.03. The van der Waals surface area contributed by atoms with Gasteiger partial charge in [-0.05, 0) is 55.9 Å². The third-order valence-corrected chi connectivity index (χ3v) is 3.47. The van der Waals surface area contributed by atoms with Gasteiger partial charge in [-0.3, -0.25) is 0 Å². The smallest absolute Gasteiger partial charge is 0.122 e. The summed E-state index contributed by atoms with van der Waals surface area (Å²) >= 11 is 6.37. The zero-order chi connectivity index (χ0) is 10.8. The van der Waals surface area contributed by atoms with Crippen molar-refractivity contribution in [3.8, 4) is 5.75 Å². The first-order valence-corrected chi connectivity index (χ1v) is 6.07. The minimum Gasteiger partial charge on any atom is -0.494 e. The lowest BCUT2D eigenvalue weighted by atomic mass is 9.87. The SMILES string of the molecule is CCOc1ccc(C)c2c1CCCC2Cl. The van der Waals surface area contributed by atoms with Crippen LogP contribution in [0.3, 0.4) is 0 Å². The van der Waals surface area contributed by atoms with Crippen molar-refractivity contribution < 1.29 is 4.74 Å². The van der Waals surface area contributed by atoms with Gasteiger partial charge in [0.2, 0.25) is 0 Å². The predicted octanol–water partition coefficient (Wildman–Crippen LogP) is 4.01. The molecule has 1 aromatic carbocycles. The third kappa shape index (κ3) is 1.98. The maximum Gasteiger partial charge on any atom is 0.122 e. The van der Waals surface area contributed by atoms with Crippen LogP contribution in [0.25, 0.3) is 0 Å². The number of benzene rings is 1. The quantitative estimate of drug-likeness (QED) is 0.690. The summed E-state index contributed by atoms with van der Waals surface area (Å²) in [4.78, 5) is 0. The highest BCUT2D eigenvalue weighted by atomic mass is 35.5. The summed E-state index contributed by atoms with van der Waals surface area (Å²) < 4.78 is 5.65. The van der Waals surface area contributed by atoms with Crippen LogP contribution in [0, 0.1) is 6.92 Å². The van der Waals surface area contributed by atoms with Gasteiger partial charge >= 0.3 is 0 Å². The van der Waals surface area contributed by atoms with Crippen molar-refractivity contribution in [3.05, 3.63) is 28.8 Å². The molecule has 0 amide bonds. The van der Waals surface area contributed by atoms with Gasteiger partial charge in [-0.2, -0.15) is 0 Å². The third-order valence-electron chi connectivity index (χ3n) is 3.03. The normalized spacial score (nSPS) is 19.8. The Hall–Kier alpha value is -0.690. The van der Waals surface area contributed by atoms with E-state index in [1.54, 1.807) is 0 Å². The Kier molecular flexibility index (Phi) is 3.20. The average Bonchev–Trinajstić information content (AvgIpc) is 2.22. The van der Waals surface area contributed by atoms with Gasteiger partial charge in [0.25, 0.3) is 0 Å². The number of aryl methyl sites for hydroxylation is 1. The lowest BCUT2D eigenvalue weighted by Crippen LogP contribution is -2.10. The van der Waals surface area contributed by atoms with E-state index in [0.29, 0.717) is 0 Å². The number of rotatable bonds is 2. The Morgan fingerprint density at radius 1 is 1.47 bits per heavy atom. The van der Waals surface area contributed by atoms with Gasteiger partial charge in [0, 0.05) is 0 Å². The Balaban J connectivity index is 2.48. The van der Waals surface area contributed by atoms with Crippen molar-refractivity contribution in [2.24, 2.45) is 0 Å². The van der Waals surface area contributed by atoms with Gasteiger partial charge in [-0.1, -0.05) is 6.07 Å². The van der Waals surface area contributed by atoms with Crippen molar-refractivity contribution in [2.45, 2.75) is 38.5 Å². The summed E-state index contributed by atoms with van der Waals surface area (Å²) in [5, 5.41) is 0.175. The summed E-state index contributed by atoms with van der Waals surface area (Å²) in [5.41, 5.74) is 3.95. The highest BCUT2D eigenvalue weighted by Crippen LogP contribution is 2.40. The molecule has 1 atom stereocenters. The topological polar surface area (TPSA) is 9.23 Å². The summed E-state index contributed by atoms with van der Waals surface area (Å²) in [6.07, 6.45) is 3.37. The van der Waals surface area contributed by atoms with Crippen LogP contribution in [-0.4, -0.2) is 6.61 Å². The van der Waals surface area contributed by atoms with Gasteiger partial charge in [-0.25, -0.2) is 0 Å². The van der Waals surface area contributed by atoms with Gasteiger partial charge in [0.1, 0.15) is 5.75 Å². The predicted molar refractivity (Wildman–Crippen MR) is 63.9 cm³/mol. The van der Waals surface area contributed by atoms with Gasteiger partial charge in [0.05, 0.1) is 12.0 Å².